The number of carbonyl (C=O) groups excluding carboxylic acids is 2. The Morgan fingerprint density at radius 1 is 1.09 bits per heavy atom. The fourth-order valence-corrected chi connectivity index (χ4v) is 6.62. The van der Waals surface area contributed by atoms with Gasteiger partial charge in [0, 0.05) is 5.56 Å². The van der Waals surface area contributed by atoms with Crippen LogP contribution in [-0.2, 0) is 20.3 Å². The standard InChI is InChI=1S/C33H30B3ClF6N10O3/c1-29(2,3)14-31(17-5-6-18(20(38)11-17)21-12-46-53(50-21)33(34,35)36)26(54)51(27(44)48-31)23(13-56-28(55)49-30(8-9-30)32(41,42)43)16-4-7-19(37)22(10-16)52-25(24(39)40)45-15-47-52/h4-7,10-12,15,23-24H,8-9,13-14H2,1-3H3,(H2,44,48)(H,49,55)/t23-,31-/m1/s1. The average Bonchev–Trinajstić information content (AvgIpc) is 3.39. The predicted octanol–water partition coefficient (Wildman–Crippen LogP) is 4.68. The zero-order chi connectivity index (χ0) is 41.2. The van der Waals surface area contributed by atoms with Gasteiger partial charge in [0.2, 0.25) is 0 Å². The highest BCUT2D eigenvalue weighted by Gasteiger charge is 2.64. The number of amides is 2. The van der Waals surface area contributed by atoms with Crippen LogP contribution in [0.25, 0.3) is 16.9 Å². The van der Waals surface area contributed by atoms with E-state index in [4.69, 9.17) is 45.6 Å². The fraction of sp³-hybridized carbons (Fsp3) is 0.424. The molecular formula is C33H30B3ClF6N10O3. The van der Waals surface area contributed by atoms with Gasteiger partial charge < -0.3 is 15.8 Å². The van der Waals surface area contributed by atoms with Gasteiger partial charge in [-0.3, -0.25) is 9.69 Å². The number of ether oxygens (including phenoxy) is 1. The summed E-state index contributed by atoms with van der Waals surface area (Å²) >= 11 is 6.40. The third kappa shape index (κ3) is 7.71. The third-order valence-electron chi connectivity index (χ3n) is 9.14. The summed E-state index contributed by atoms with van der Waals surface area (Å²) in [6.07, 6.45) is -8.08. The summed E-state index contributed by atoms with van der Waals surface area (Å²) in [5.41, 5.74) is 1.31. The van der Waals surface area contributed by atoms with Gasteiger partial charge in [0.1, 0.15) is 30.0 Å². The van der Waals surface area contributed by atoms with Crippen LogP contribution in [0.3, 0.4) is 0 Å². The van der Waals surface area contributed by atoms with E-state index in [0.717, 1.165) is 26.8 Å². The summed E-state index contributed by atoms with van der Waals surface area (Å²) in [5.74, 6) is -2.91. The Bertz CT molecular complexity index is 2200. The molecule has 2 aromatic carbocycles. The molecule has 0 unspecified atom stereocenters. The van der Waals surface area contributed by atoms with Gasteiger partial charge in [-0.1, -0.05) is 44.5 Å². The van der Waals surface area contributed by atoms with Crippen molar-refractivity contribution in [2.24, 2.45) is 16.1 Å². The summed E-state index contributed by atoms with van der Waals surface area (Å²) in [4.78, 5) is 37.7. The lowest BCUT2D eigenvalue weighted by molar-refractivity contribution is -0.164. The molecule has 1 aliphatic heterocycles. The second-order valence-corrected chi connectivity index (χ2v) is 15.1. The molecule has 56 heavy (non-hydrogen) atoms. The van der Waals surface area contributed by atoms with Crippen molar-refractivity contribution in [3.05, 3.63) is 76.7 Å². The number of nitrogens with one attached hydrogen (secondary N) is 1. The van der Waals surface area contributed by atoms with Crippen molar-refractivity contribution in [3.8, 4) is 16.9 Å². The van der Waals surface area contributed by atoms with E-state index in [9.17, 15) is 31.5 Å². The first kappa shape index (κ1) is 40.7. The number of alkyl halides is 5. The van der Waals surface area contributed by atoms with Crippen LogP contribution in [0, 0.1) is 11.2 Å². The van der Waals surface area contributed by atoms with Crippen molar-refractivity contribution >= 4 is 53.1 Å². The fourth-order valence-electron chi connectivity index (χ4n) is 6.42. The van der Waals surface area contributed by atoms with Gasteiger partial charge >= 0.3 is 12.3 Å². The Hall–Kier alpha value is -5.01. The summed E-state index contributed by atoms with van der Waals surface area (Å²) in [6.45, 7) is 4.56. The third-order valence-corrected chi connectivity index (χ3v) is 9.46. The summed E-state index contributed by atoms with van der Waals surface area (Å²) in [5, 5.41) is 11.5. The molecule has 1 fully saturated rings. The Morgan fingerprint density at radius 3 is 2.36 bits per heavy atom. The van der Waals surface area contributed by atoms with Gasteiger partial charge in [-0.05, 0) is 65.3 Å². The molecule has 0 bridgehead atoms. The van der Waals surface area contributed by atoms with E-state index in [2.05, 4.69) is 25.3 Å². The number of guanidine groups is 1. The molecule has 3 heterocycles. The van der Waals surface area contributed by atoms with E-state index >= 15 is 4.39 Å². The van der Waals surface area contributed by atoms with E-state index in [1.54, 1.807) is 20.8 Å². The first-order chi connectivity index (χ1) is 26.0. The smallest absolute Gasteiger partial charge is 0.411 e. The zero-order valence-electron chi connectivity index (χ0n) is 29.9. The molecule has 2 amide bonds. The first-order valence-corrected chi connectivity index (χ1v) is 17.1. The van der Waals surface area contributed by atoms with E-state index in [1.165, 1.54) is 36.5 Å². The van der Waals surface area contributed by atoms with Crippen LogP contribution in [0.15, 0.2) is 53.9 Å². The molecule has 6 rings (SSSR count). The Morgan fingerprint density at radius 2 is 1.79 bits per heavy atom. The normalized spacial score (nSPS) is 18.9. The van der Waals surface area contributed by atoms with E-state index < -0.39 is 76.6 Å². The molecule has 3 N–H and O–H groups in total. The number of benzene rings is 2. The molecular weight excluding hydrogens is 766 g/mol. The summed E-state index contributed by atoms with van der Waals surface area (Å²) in [7, 11) is 16.9. The molecule has 2 aromatic heterocycles. The molecule has 1 saturated carbocycles. The summed E-state index contributed by atoms with van der Waals surface area (Å²) in [6, 6.07) is 6.23. The van der Waals surface area contributed by atoms with Crippen LogP contribution in [0.1, 0.15) is 69.5 Å². The van der Waals surface area contributed by atoms with E-state index in [-0.39, 0.29) is 52.4 Å². The molecule has 4 aromatic rings. The maximum atomic E-state index is 16.0. The van der Waals surface area contributed by atoms with Crippen LogP contribution in [-0.4, -0.2) is 94.5 Å². The predicted molar refractivity (Wildman–Crippen MR) is 191 cm³/mol. The topological polar surface area (TPSA) is 158 Å². The molecule has 1 aliphatic carbocycles. The molecule has 0 saturated heterocycles. The summed E-state index contributed by atoms with van der Waals surface area (Å²) < 4.78 is 90.8. The molecule has 2 atom stereocenters. The van der Waals surface area contributed by atoms with Crippen LogP contribution < -0.4 is 11.1 Å². The van der Waals surface area contributed by atoms with Crippen LogP contribution >= 0.6 is 11.6 Å². The number of carbonyl (C=O) groups is 2. The first-order valence-electron chi connectivity index (χ1n) is 16.7. The number of hydrogen-bond donors (Lipinski definition) is 2. The number of nitrogens with zero attached hydrogens (tertiary/aromatic N) is 8. The Balaban J connectivity index is 1.42. The lowest BCUT2D eigenvalue weighted by Gasteiger charge is -2.35. The maximum Gasteiger partial charge on any atom is 0.411 e. The second kappa shape index (κ2) is 14.2. The van der Waals surface area contributed by atoms with E-state index in [1.807, 2.05) is 5.32 Å². The molecule has 0 spiro atoms. The average molecular weight is 797 g/mol. The maximum absolute atomic E-state index is 16.0. The van der Waals surface area contributed by atoms with Gasteiger partial charge in [-0.25, -0.2) is 37.4 Å². The van der Waals surface area contributed by atoms with Crippen LogP contribution in [0.4, 0.5) is 31.1 Å². The van der Waals surface area contributed by atoms with Gasteiger partial charge in [-0.15, -0.1) is 0 Å². The van der Waals surface area contributed by atoms with Crippen molar-refractivity contribution < 1.29 is 40.7 Å². The second-order valence-electron chi connectivity index (χ2n) is 14.7. The van der Waals surface area contributed by atoms with Gasteiger partial charge in [-0.2, -0.15) is 28.5 Å². The lowest BCUT2D eigenvalue weighted by atomic mass is 9.50. The minimum atomic E-state index is -4.77. The van der Waals surface area contributed by atoms with Crippen molar-refractivity contribution in [1.29, 1.82) is 0 Å². The van der Waals surface area contributed by atoms with Gasteiger partial charge in [0.25, 0.3) is 12.3 Å². The highest BCUT2D eigenvalue weighted by atomic mass is 35.5. The number of halogens is 7. The Kier molecular flexibility index (Phi) is 10.3. The van der Waals surface area contributed by atoms with Crippen LogP contribution in [0.2, 0.25) is 5.02 Å². The van der Waals surface area contributed by atoms with Crippen molar-refractivity contribution in [1.82, 2.24) is 40.0 Å². The number of hydrogen-bond acceptors (Lipinski definition) is 9. The molecule has 2 aliphatic rings. The van der Waals surface area contributed by atoms with Crippen molar-refractivity contribution in [2.75, 3.05) is 6.61 Å². The lowest BCUT2D eigenvalue weighted by Crippen LogP contribution is -2.50. The number of aliphatic imine (C=N–C) groups is 1. The quantitative estimate of drug-likeness (QED) is 0.164. The zero-order valence-corrected chi connectivity index (χ0v) is 30.6. The SMILES string of the molecule is [B]C([B])([B])n1ncc(-c2ccc([C@@]3(CC(C)(C)C)N=C(N)N([C@H](COC(=O)NC4(C(F)(F)F)CC4)c4ccc(Cl)c(-n5ncnc5C(F)F)c4)C3=O)cc2F)n1. The highest BCUT2D eigenvalue weighted by molar-refractivity contribution is 6.56. The largest absolute Gasteiger partial charge is 0.447 e. The Labute approximate surface area is 324 Å². The highest BCUT2D eigenvalue weighted by Crippen LogP contribution is 2.49. The monoisotopic (exact) mass is 796 g/mol. The minimum Gasteiger partial charge on any atom is -0.447 e. The van der Waals surface area contributed by atoms with Crippen molar-refractivity contribution in [2.45, 2.75) is 75.0 Å². The number of nitrogens with two attached hydrogens (primary N) is 1. The van der Waals surface area contributed by atoms with Gasteiger partial charge in [0.15, 0.2) is 17.3 Å². The van der Waals surface area contributed by atoms with E-state index in [0.29, 0.717) is 0 Å². The van der Waals surface area contributed by atoms with Gasteiger partial charge in [0.05, 0.1) is 46.5 Å². The molecule has 288 valence electrons. The number of aromatic nitrogens is 6. The minimum absolute atomic E-state index is 0.00181. The number of rotatable bonds is 11. The molecule has 6 radical (unpaired) electrons. The van der Waals surface area contributed by atoms with Crippen molar-refractivity contribution in [3.63, 3.8) is 0 Å². The number of alkyl carbamates (subject to hydrolysis) is 1. The molecule has 13 nitrogen and oxygen atoms in total. The molecule has 23 heteroatoms. The van der Waals surface area contributed by atoms with Crippen LogP contribution in [0.5, 0.6) is 0 Å².